The molecular weight excluding hydrogens is 779 g/mol. The van der Waals surface area contributed by atoms with Crippen LogP contribution >= 0.6 is 15.9 Å². The van der Waals surface area contributed by atoms with Crippen molar-refractivity contribution in [1.29, 1.82) is 0 Å². The number of carbonyl (C=O) groups excluding carboxylic acids is 3. The zero-order valence-corrected chi connectivity index (χ0v) is 28.7. The number of nitrogens with zero attached hydrogens (tertiary/aromatic N) is 8. The maximum absolute atomic E-state index is 14.1. The second kappa shape index (κ2) is 11.3. The molecule has 4 aromatic heterocycles. The van der Waals surface area contributed by atoms with Crippen LogP contribution in [0.3, 0.4) is 0 Å². The summed E-state index contributed by atoms with van der Waals surface area (Å²) in [5, 5.41) is 7.92. The van der Waals surface area contributed by atoms with Gasteiger partial charge in [0.15, 0.2) is 0 Å². The normalized spacial score (nSPS) is 23.4. The molecular formula is C30H28BrF2IN9O3-. The van der Waals surface area contributed by atoms with Gasteiger partial charge in [-0.25, -0.2) is 0 Å². The number of fused-ring (bicyclic) bond motifs is 2. The minimum absolute atomic E-state index is 0.180. The molecule has 3 aliphatic rings. The van der Waals surface area contributed by atoms with E-state index in [0.29, 0.717) is 51.4 Å². The summed E-state index contributed by atoms with van der Waals surface area (Å²) in [6, 6.07) is 4.50. The molecule has 1 N–H and O–H groups in total. The first kappa shape index (κ1) is 31.1. The van der Waals surface area contributed by atoms with Crippen LogP contribution in [-0.4, -0.2) is 96.2 Å². The number of pyridine rings is 2. The number of nitrogens with one attached hydrogen (secondary N) is 1. The Morgan fingerprint density at radius 1 is 1.11 bits per heavy atom. The summed E-state index contributed by atoms with van der Waals surface area (Å²) in [6.07, 6.45) is 5.24. The Kier molecular flexibility index (Phi) is 7.66. The Balaban J connectivity index is 1.18. The number of hydrogen-bond donors (Lipinski definition) is 1. The van der Waals surface area contributed by atoms with Gasteiger partial charge < -0.3 is 0 Å². The molecule has 3 fully saturated rings. The van der Waals surface area contributed by atoms with Gasteiger partial charge in [0.2, 0.25) is 0 Å². The van der Waals surface area contributed by atoms with Crippen molar-refractivity contribution in [2.45, 2.75) is 53.2 Å². The molecule has 7 heterocycles. The number of ketones is 1. The number of rotatable bonds is 8. The Morgan fingerprint density at radius 2 is 1.85 bits per heavy atom. The standard InChI is InChI=1S/C30H28BrF2IN9O3/c1-15-4-5-23(31)38-26(15)39-27(46)21-7-29(12-41-13-30(32,33)14-41)28(34-29)43(21)24(45)11-42-22-10-37-20(18-8-35-17(3)36-9-18)6-19(22)25(40-42)16(2)44/h4-6,8-10,21,28H,7,11-14H2,1-3H3,(H,38,39,46)/q-1/t21-,28-,29-/m0/s1. The molecule has 12 nitrogen and oxygen atoms in total. The van der Waals surface area contributed by atoms with E-state index in [0.717, 1.165) is 5.56 Å². The Hall–Kier alpha value is -3.51. The van der Waals surface area contributed by atoms with E-state index < -0.39 is 33.2 Å². The van der Waals surface area contributed by atoms with Gasteiger partial charge in [0.05, 0.1) is 0 Å². The van der Waals surface area contributed by atoms with E-state index >= 15 is 0 Å². The first-order chi connectivity index (χ1) is 21.8. The fourth-order valence-electron chi connectivity index (χ4n) is 6.16. The summed E-state index contributed by atoms with van der Waals surface area (Å²) < 4.78 is 28.8. The number of carbonyl (C=O) groups is 3. The molecule has 3 atom stereocenters. The minimum atomic E-state index is -2.70. The summed E-state index contributed by atoms with van der Waals surface area (Å²) in [5.74, 6) is -2.71. The van der Waals surface area contributed by atoms with Crippen LogP contribution in [0.25, 0.3) is 22.2 Å². The van der Waals surface area contributed by atoms with Gasteiger partial charge in [-0.05, 0) is 6.92 Å². The second-order valence-electron chi connectivity index (χ2n) is 12.0. The number of aryl methyl sites for hydroxylation is 2. The molecule has 240 valence electrons. The number of anilines is 1. The average Bonchev–Trinajstić information content (AvgIpc) is 3.39. The molecule has 0 radical (unpaired) electrons. The van der Waals surface area contributed by atoms with E-state index in [9.17, 15) is 23.2 Å². The third-order valence-corrected chi connectivity index (χ3v) is 13.2. The van der Waals surface area contributed by atoms with Crippen molar-refractivity contribution < 1.29 is 44.4 Å². The predicted molar refractivity (Wildman–Crippen MR) is 162 cm³/mol. The van der Waals surface area contributed by atoms with Crippen molar-refractivity contribution in [3.8, 4) is 11.3 Å². The van der Waals surface area contributed by atoms with Crippen LogP contribution in [0.2, 0.25) is 0 Å². The summed E-state index contributed by atoms with van der Waals surface area (Å²) in [7, 11) is 0. The van der Waals surface area contributed by atoms with E-state index in [4.69, 9.17) is 0 Å². The fraction of sp³-hybridized carbons (Fsp3) is 0.400. The SMILES string of the molecule is CC(=O)c1nn(CC(=O)N2[C@H](C(=O)Nc3nc(Br)ccc3C)C[C@@]3(CN4CC(F)(F)C4)[I-][C@@H]23)c2cnc(-c3cnc(C)nc3)cc12. The van der Waals surface area contributed by atoms with E-state index in [-0.39, 0.29) is 50.4 Å². The first-order valence-electron chi connectivity index (χ1n) is 14.5. The van der Waals surface area contributed by atoms with E-state index in [1.807, 2.05) is 13.0 Å². The summed E-state index contributed by atoms with van der Waals surface area (Å²) in [5.41, 5.74) is 2.66. The van der Waals surface area contributed by atoms with Gasteiger partial charge in [0.25, 0.3) is 0 Å². The zero-order chi connectivity index (χ0) is 32.5. The Labute approximate surface area is 280 Å². The number of Topliss-reactive ketones (excluding diaryl/α,β-unsaturated/α-hetero) is 1. The zero-order valence-electron chi connectivity index (χ0n) is 25.0. The van der Waals surface area contributed by atoms with Gasteiger partial charge >= 0.3 is 269 Å². The molecule has 46 heavy (non-hydrogen) atoms. The van der Waals surface area contributed by atoms with Gasteiger partial charge in [-0.1, -0.05) is 0 Å². The summed E-state index contributed by atoms with van der Waals surface area (Å²) >= 11 is 2.77. The van der Waals surface area contributed by atoms with Crippen LogP contribution in [-0.2, 0) is 16.1 Å². The number of likely N-dealkylation sites (tertiary alicyclic amines) is 2. The third-order valence-electron chi connectivity index (χ3n) is 8.43. The topological polar surface area (TPSA) is 139 Å². The molecule has 0 saturated carbocycles. The van der Waals surface area contributed by atoms with Gasteiger partial charge in [-0.2, -0.15) is 0 Å². The Bertz CT molecular complexity index is 1920. The van der Waals surface area contributed by atoms with E-state index in [1.54, 1.807) is 47.4 Å². The van der Waals surface area contributed by atoms with Crippen LogP contribution < -0.4 is 26.5 Å². The molecule has 4 aromatic rings. The monoisotopic (exact) mass is 806 g/mol. The van der Waals surface area contributed by atoms with Gasteiger partial charge in [0.1, 0.15) is 5.82 Å². The van der Waals surface area contributed by atoms with E-state index in [1.165, 1.54) is 11.6 Å². The van der Waals surface area contributed by atoms with Crippen LogP contribution in [0.4, 0.5) is 14.6 Å². The number of halogens is 4. The molecule has 0 aromatic carbocycles. The number of hydrogen-bond acceptors (Lipinski definition) is 9. The molecule has 0 bridgehead atoms. The molecule has 16 heteroatoms. The molecule has 3 aliphatic heterocycles. The van der Waals surface area contributed by atoms with Crippen molar-refractivity contribution in [3.05, 3.63) is 58.5 Å². The molecule has 3 saturated heterocycles. The second-order valence-corrected chi connectivity index (χ2v) is 16.7. The third kappa shape index (κ3) is 5.67. The molecule has 0 unspecified atom stereocenters. The molecule has 7 rings (SSSR count). The maximum atomic E-state index is 14.1. The first-order valence-corrected chi connectivity index (χ1v) is 17.6. The van der Waals surface area contributed by atoms with Crippen LogP contribution in [0, 0.1) is 13.8 Å². The average molecular weight is 807 g/mol. The molecule has 0 spiro atoms. The molecule has 0 aliphatic carbocycles. The predicted octanol–water partition coefficient (Wildman–Crippen LogP) is 0.223. The number of amides is 2. The van der Waals surface area contributed by atoms with E-state index in [2.05, 4.69) is 46.3 Å². The van der Waals surface area contributed by atoms with Crippen molar-refractivity contribution in [2.75, 3.05) is 25.0 Å². The fourth-order valence-corrected chi connectivity index (χ4v) is 10.6. The quantitative estimate of drug-likeness (QED) is 0.0872. The van der Waals surface area contributed by atoms with Gasteiger partial charge in [-0.15, -0.1) is 0 Å². The van der Waals surface area contributed by atoms with Crippen molar-refractivity contribution >= 4 is 50.2 Å². The number of aromatic nitrogens is 6. The summed E-state index contributed by atoms with van der Waals surface area (Å²) in [6.45, 7) is 4.58. The van der Waals surface area contributed by atoms with Crippen LogP contribution in [0.1, 0.15) is 35.2 Å². The van der Waals surface area contributed by atoms with Crippen molar-refractivity contribution in [3.63, 3.8) is 0 Å². The van der Waals surface area contributed by atoms with Crippen molar-refractivity contribution in [1.82, 2.24) is 39.5 Å². The molecule has 2 amide bonds. The van der Waals surface area contributed by atoms with Crippen LogP contribution in [0.5, 0.6) is 0 Å². The van der Waals surface area contributed by atoms with Crippen LogP contribution in [0.15, 0.2) is 41.4 Å². The van der Waals surface area contributed by atoms with Crippen molar-refractivity contribution in [2.24, 2.45) is 0 Å². The van der Waals surface area contributed by atoms with Gasteiger partial charge in [0, 0.05) is 0 Å². The number of alkyl halides is 4. The Morgan fingerprint density at radius 3 is 2.54 bits per heavy atom. The summed E-state index contributed by atoms with van der Waals surface area (Å²) in [4.78, 5) is 61.2. The van der Waals surface area contributed by atoms with Gasteiger partial charge in [-0.3, -0.25) is 0 Å².